The summed E-state index contributed by atoms with van der Waals surface area (Å²) in [6.45, 7) is 0. The Morgan fingerprint density at radius 2 is 0.706 bits per heavy atom. The fourth-order valence-electron chi connectivity index (χ4n) is 0. The molecule has 0 atom stereocenters. The minimum atomic E-state index is -6.09. The maximum absolute atomic E-state index is 10.7. The quantitative estimate of drug-likeness (QED) is 0.246. The molecule has 17 heavy (non-hydrogen) atoms. The van der Waals surface area contributed by atoms with Gasteiger partial charge in [0.2, 0.25) is 0 Å². The van der Waals surface area contributed by atoms with Crippen LogP contribution in [-0.2, 0) is 39.7 Å². The van der Waals surface area contributed by atoms with Gasteiger partial charge < -0.3 is 9.11 Å². The molecule has 6 nitrogen and oxygen atoms in total. The monoisotopic (exact) mass is 401 g/mol. The van der Waals surface area contributed by atoms with Crippen LogP contribution in [-0.4, -0.2) is 37.0 Å². The fraction of sp³-hybridized carbons (Fsp3) is 1.00. The molecule has 0 rings (SSSR count). The Labute approximate surface area is 103 Å². The summed E-state index contributed by atoms with van der Waals surface area (Å²) in [6, 6.07) is 0. The van der Waals surface area contributed by atoms with Gasteiger partial charge >= 0.3 is 30.5 Å². The molecule has 0 unspecified atom stereocenters. The van der Waals surface area contributed by atoms with Gasteiger partial charge in [-0.25, -0.2) is 16.8 Å². The van der Waals surface area contributed by atoms with Crippen molar-refractivity contribution in [2.75, 3.05) is 0 Å². The number of rotatable bonds is 0. The molecule has 106 valence electrons. The van der Waals surface area contributed by atoms with E-state index in [1.54, 1.807) is 0 Å². The molecular weight excluding hydrogens is 401 g/mol. The Kier molecular flexibility index (Phi) is 8.19. The van der Waals surface area contributed by atoms with E-state index >= 15 is 0 Å². The van der Waals surface area contributed by atoms with Crippen LogP contribution in [0.3, 0.4) is 0 Å². The van der Waals surface area contributed by atoms with E-state index < -0.39 is 31.3 Å². The SMILES string of the molecule is O=S(=O)([O-])C(F)(F)F.O=S(=O)([O-])C(F)(F)F.[Rh+3]. The number of alkyl halides is 6. The molecule has 0 amide bonds. The zero-order chi connectivity index (χ0) is 14.0. The number of halogens is 6. The molecule has 0 radical (unpaired) electrons. The van der Waals surface area contributed by atoms with Gasteiger partial charge in [0.15, 0.2) is 20.2 Å². The van der Waals surface area contributed by atoms with Crippen LogP contribution in [0.25, 0.3) is 0 Å². The average molecular weight is 401 g/mol. The summed E-state index contributed by atoms with van der Waals surface area (Å²) in [5, 5.41) is 0. The van der Waals surface area contributed by atoms with Crippen molar-refractivity contribution < 1.29 is 71.8 Å². The van der Waals surface area contributed by atoms with Crippen LogP contribution >= 0.6 is 0 Å². The van der Waals surface area contributed by atoms with E-state index in [1.807, 2.05) is 0 Å². The van der Waals surface area contributed by atoms with E-state index in [0.717, 1.165) is 0 Å². The zero-order valence-electron chi connectivity index (χ0n) is 6.87. The Morgan fingerprint density at radius 1 is 0.647 bits per heavy atom. The van der Waals surface area contributed by atoms with Crippen LogP contribution in [0.2, 0.25) is 0 Å². The molecule has 15 heteroatoms. The average Bonchev–Trinajstić information content (AvgIpc) is 1.77. The largest absolute Gasteiger partial charge is 3.00 e. The van der Waals surface area contributed by atoms with Crippen molar-refractivity contribution in [2.24, 2.45) is 0 Å². The van der Waals surface area contributed by atoms with E-state index in [4.69, 9.17) is 25.9 Å². The van der Waals surface area contributed by atoms with Crippen LogP contribution in [0.15, 0.2) is 0 Å². The number of hydrogen-bond acceptors (Lipinski definition) is 6. The molecule has 0 aromatic heterocycles. The molecule has 0 aromatic carbocycles. The first-order valence-electron chi connectivity index (χ1n) is 2.54. The summed E-state index contributed by atoms with van der Waals surface area (Å²) in [6.07, 6.45) is 0. The summed E-state index contributed by atoms with van der Waals surface area (Å²) < 4.78 is 118. The van der Waals surface area contributed by atoms with Crippen LogP contribution in [0, 0.1) is 0 Å². The molecule has 0 fully saturated rings. The molecule has 0 aromatic rings. The summed E-state index contributed by atoms with van der Waals surface area (Å²) >= 11 is 0. The van der Waals surface area contributed by atoms with Gasteiger partial charge in [0.1, 0.15) is 0 Å². The maximum atomic E-state index is 10.7. The molecule has 0 aliphatic heterocycles. The van der Waals surface area contributed by atoms with Crippen molar-refractivity contribution in [1.29, 1.82) is 0 Å². The van der Waals surface area contributed by atoms with E-state index in [-0.39, 0.29) is 19.5 Å². The first kappa shape index (κ1) is 22.2. The Hall–Kier alpha value is 0.0234. The standard InChI is InChI=1S/2CHF3O3S.Rh/c2*2-1(3,4)8(5,6)7;/h2*(H,5,6,7);/q;;+3/p-2. The van der Waals surface area contributed by atoms with Crippen LogP contribution < -0.4 is 0 Å². The second-order valence-electron chi connectivity index (χ2n) is 1.80. The molecule has 0 bridgehead atoms. The first-order valence-corrected chi connectivity index (χ1v) is 5.36. The van der Waals surface area contributed by atoms with Gasteiger partial charge in [-0.2, -0.15) is 26.3 Å². The van der Waals surface area contributed by atoms with Crippen molar-refractivity contribution in [3.05, 3.63) is 0 Å². The Bertz CT molecular complexity index is 374. The van der Waals surface area contributed by atoms with E-state index in [2.05, 4.69) is 0 Å². The van der Waals surface area contributed by atoms with Crippen molar-refractivity contribution in [2.45, 2.75) is 11.0 Å². The normalized spacial score (nSPS) is 13.2. The van der Waals surface area contributed by atoms with Gasteiger partial charge in [-0.1, -0.05) is 0 Å². The van der Waals surface area contributed by atoms with Crippen molar-refractivity contribution in [3.63, 3.8) is 0 Å². The third-order valence-corrected chi connectivity index (χ3v) is 1.70. The predicted molar refractivity (Wildman–Crippen MR) is 31.5 cm³/mol. The van der Waals surface area contributed by atoms with Crippen LogP contribution in [0.1, 0.15) is 0 Å². The number of hydrogen-bond donors (Lipinski definition) is 0. The predicted octanol–water partition coefficient (Wildman–Crippen LogP) is 0.100. The zero-order valence-corrected chi connectivity index (χ0v) is 10.1. The van der Waals surface area contributed by atoms with E-state index in [0.29, 0.717) is 0 Å². The molecule has 0 N–H and O–H groups in total. The van der Waals surface area contributed by atoms with Gasteiger partial charge in [0, 0.05) is 0 Å². The van der Waals surface area contributed by atoms with E-state index in [9.17, 15) is 26.3 Å². The topological polar surface area (TPSA) is 114 Å². The minimum Gasteiger partial charge on any atom is -0.741 e. The summed E-state index contributed by atoms with van der Waals surface area (Å²) in [5.41, 5.74) is -11.3. The van der Waals surface area contributed by atoms with E-state index in [1.165, 1.54) is 0 Å². The Balaban J connectivity index is -0.000000218. The molecule has 0 aliphatic carbocycles. The summed E-state index contributed by atoms with van der Waals surface area (Å²) in [5.74, 6) is 0. The Morgan fingerprint density at radius 3 is 0.706 bits per heavy atom. The van der Waals surface area contributed by atoms with Crippen molar-refractivity contribution in [1.82, 2.24) is 0 Å². The van der Waals surface area contributed by atoms with Crippen LogP contribution in [0.4, 0.5) is 26.3 Å². The first-order chi connectivity index (χ1) is 6.50. The van der Waals surface area contributed by atoms with Gasteiger partial charge in [0.25, 0.3) is 0 Å². The second-order valence-corrected chi connectivity index (χ2v) is 4.54. The van der Waals surface area contributed by atoms with Gasteiger partial charge in [-0.3, -0.25) is 0 Å². The van der Waals surface area contributed by atoms with Crippen LogP contribution in [0.5, 0.6) is 0 Å². The molecule has 0 saturated carbocycles. The smallest absolute Gasteiger partial charge is 0.741 e. The molecule has 0 saturated heterocycles. The van der Waals surface area contributed by atoms with Gasteiger partial charge in [-0.05, 0) is 0 Å². The third-order valence-electron chi connectivity index (χ3n) is 0.567. The molecule has 0 heterocycles. The van der Waals surface area contributed by atoms with Crippen molar-refractivity contribution in [3.8, 4) is 0 Å². The third kappa shape index (κ3) is 9.70. The maximum Gasteiger partial charge on any atom is 3.00 e. The molecule has 0 aliphatic rings. The molecule has 0 spiro atoms. The second kappa shape index (κ2) is 6.27. The molecular formula is C2F6O6RhS2+. The minimum absolute atomic E-state index is 0. The fourth-order valence-corrected chi connectivity index (χ4v) is 0. The summed E-state index contributed by atoms with van der Waals surface area (Å²) in [7, 11) is -12.2. The summed E-state index contributed by atoms with van der Waals surface area (Å²) in [4.78, 5) is 0. The van der Waals surface area contributed by atoms with Gasteiger partial charge in [0.05, 0.1) is 0 Å². The van der Waals surface area contributed by atoms with Crippen molar-refractivity contribution >= 4 is 20.2 Å². The van der Waals surface area contributed by atoms with Gasteiger partial charge in [-0.15, -0.1) is 0 Å².